The van der Waals surface area contributed by atoms with Crippen molar-refractivity contribution in [1.29, 1.82) is 0 Å². The van der Waals surface area contributed by atoms with Crippen molar-refractivity contribution in [3.8, 4) is 0 Å². The Balaban J connectivity index is 1.88. The molecule has 1 aliphatic rings. The first kappa shape index (κ1) is 18.4. The fraction of sp³-hybridized carbons (Fsp3) is 0.556. The number of hydrogen-bond donors (Lipinski definition) is 2. The maximum atomic E-state index is 12.1. The first-order valence-corrected chi connectivity index (χ1v) is 8.18. The summed E-state index contributed by atoms with van der Waals surface area (Å²) in [7, 11) is 0. The van der Waals surface area contributed by atoms with E-state index in [2.05, 4.69) is 5.32 Å². The van der Waals surface area contributed by atoms with Crippen LogP contribution in [-0.4, -0.2) is 42.4 Å². The first-order chi connectivity index (χ1) is 11.3. The van der Waals surface area contributed by atoms with E-state index in [1.807, 2.05) is 0 Å². The molecule has 0 saturated carbocycles. The number of benzene rings is 1. The quantitative estimate of drug-likeness (QED) is 0.800. The van der Waals surface area contributed by atoms with Crippen LogP contribution in [0.2, 0.25) is 0 Å². The monoisotopic (exact) mass is 335 g/mol. The van der Waals surface area contributed by atoms with Crippen LogP contribution < -0.4 is 5.32 Å². The van der Waals surface area contributed by atoms with Crippen molar-refractivity contribution in [2.45, 2.75) is 51.2 Å². The van der Waals surface area contributed by atoms with E-state index in [0.29, 0.717) is 17.9 Å². The summed E-state index contributed by atoms with van der Waals surface area (Å²) in [6.45, 7) is 6.16. The smallest absolute Gasteiger partial charge is 0.313 e. The number of carboxylic acids is 1. The van der Waals surface area contributed by atoms with Crippen molar-refractivity contribution < 1.29 is 24.2 Å². The minimum Gasteiger partial charge on any atom is -0.481 e. The molecule has 1 amide bonds. The molecule has 2 unspecified atom stereocenters. The van der Waals surface area contributed by atoms with Crippen LogP contribution in [0.25, 0.3) is 0 Å². The maximum absolute atomic E-state index is 12.1. The SMILES string of the molecule is CC(OCC1CCCO1)C(=O)Nc1ccc(C(C)(C)C(=O)O)cc1. The van der Waals surface area contributed by atoms with Crippen LogP contribution in [0.5, 0.6) is 0 Å². The third-order valence-corrected chi connectivity index (χ3v) is 4.33. The van der Waals surface area contributed by atoms with E-state index in [1.54, 1.807) is 45.0 Å². The van der Waals surface area contributed by atoms with Gasteiger partial charge in [-0.25, -0.2) is 0 Å². The molecule has 0 aliphatic carbocycles. The molecule has 2 N–H and O–H groups in total. The number of anilines is 1. The van der Waals surface area contributed by atoms with Gasteiger partial charge in [0.15, 0.2) is 0 Å². The van der Waals surface area contributed by atoms with Crippen LogP contribution in [0, 0.1) is 0 Å². The molecule has 2 atom stereocenters. The molecule has 132 valence electrons. The van der Waals surface area contributed by atoms with Crippen molar-refractivity contribution in [2.24, 2.45) is 0 Å². The third-order valence-electron chi connectivity index (χ3n) is 4.33. The lowest BCUT2D eigenvalue weighted by atomic mass is 9.85. The summed E-state index contributed by atoms with van der Waals surface area (Å²) < 4.78 is 11.0. The zero-order valence-electron chi connectivity index (χ0n) is 14.4. The normalized spacial score (nSPS) is 19.0. The molecular formula is C18H25NO5. The summed E-state index contributed by atoms with van der Waals surface area (Å²) in [4.78, 5) is 23.4. The number of carbonyl (C=O) groups excluding carboxylic acids is 1. The predicted molar refractivity (Wildman–Crippen MR) is 90.1 cm³/mol. The second-order valence-electron chi connectivity index (χ2n) is 6.61. The average molecular weight is 335 g/mol. The molecule has 6 heteroatoms. The van der Waals surface area contributed by atoms with E-state index in [-0.39, 0.29) is 12.0 Å². The molecule has 1 heterocycles. The fourth-order valence-corrected chi connectivity index (χ4v) is 2.44. The van der Waals surface area contributed by atoms with Crippen molar-refractivity contribution in [3.05, 3.63) is 29.8 Å². The molecule has 1 fully saturated rings. The van der Waals surface area contributed by atoms with Crippen LogP contribution in [-0.2, 0) is 24.5 Å². The van der Waals surface area contributed by atoms with Gasteiger partial charge in [-0.3, -0.25) is 9.59 Å². The summed E-state index contributed by atoms with van der Waals surface area (Å²) in [5, 5.41) is 12.0. The van der Waals surface area contributed by atoms with Gasteiger partial charge in [0.25, 0.3) is 5.91 Å². The lowest BCUT2D eigenvalue weighted by Gasteiger charge is -2.20. The molecule has 0 bridgehead atoms. The summed E-state index contributed by atoms with van der Waals surface area (Å²) in [5.74, 6) is -1.13. The molecule has 2 rings (SSSR count). The topological polar surface area (TPSA) is 84.9 Å². The zero-order valence-corrected chi connectivity index (χ0v) is 14.4. The number of nitrogens with one attached hydrogen (secondary N) is 1. The van der Waals surface area contributed by atoms with E-state index >= 15 is 0 Å². The minimum absolute atomic E-state index is 0.0813. The van der Waals surface area contributed by atoms with Crippen LogP contribution >= 0.6 is 0 Å². The van der Waals surface area contributed by atoms with E-state index in [4.69, 9.17) is 9.47 Å². The molecule has 1 aromatic carbocycles. The van der Waals surface area contributed by atoms with Gasteiger partial charge >= 0.3 is 5.97 Å². The van der Waals surface area contributed by atoms with Gasteiger partial charge in [-0.15, -0.1) is 0 Å². The van der Waals surface area contributed by atoms with Crippen LogP contribution in [0.3, 0.4) is 0 Å². The third kappa shape index (κ3) is 4.55. The lowest BCUT2D eigenvalue weighted by Crippen LogP contribution is -2.31. The second kappa shape index (κ2) is 7.77. The summed E-state index contributed by atoms with van der Waals surface area (Å²) in [6.07, 6.45) is 1.50. The first-order valence-electron chi connectivity index (χ1n) is 8.18. The molecule has 0 aromatic heterocycles. The Morgan fingerprint density at radius 2 is 2.04 bits per heavy atom. The Bertz CT molecular complexity index is 576. The van der Waals surface area contributed by atoms with Gasteiger partial charge < -0.3 is 19.9 Å². The van der Waals surface area contributed by atoms with Gasteiger partial charge in [0, 0.05) is 12.3 Å². The minimum atomic E-state index is -0.972. The van der Waals surface area contributed by atoms with Crippen molar-refractivity contribution >= 4 is 17.6 Å². The van der Waals surface area contributed by atoms with Crippen LogP contribution in [0.1, 0.15) is 39.2 Å². The van der Waals surface area contributed by atoms with Gasteiger partial charge in [-0.2, -0.15) is 0 Å². The van der Waals surface area contributed by atoms with E-state index < -0.39 is 17.5 Å². The van der Waals surface area contributed by atoms with Crippen LogP contribution in [0.15, 0.2) is 24.3 Å². The Labute approximate surface area is 142 Å². The Morgan fingerprint density at radius 3 is 2.58 bits per heavy atom. The second-order valence-corrected chi connectivity index (χ2v) is 6.61. The number of carboxylic acid groups (broad SMARTS) is 1. The summed E-state index contributed by atoms with van der Waals surface area (Å²) in [6, 6.07) is 6.82. The summed E-state index contributed by atoms with van der Waals surface area (Å²) >= 11 is 0. The number of ether oxygens (including phenoxy) is 2. The zero-order chi connectivity index (χ0) is 17.7. The van der Waals surface area contributed by atoms with Gasteiger partial charge in [0.1, 0.15) is 6.10 Å². The molecular weight excluding hydrogens is 310 g/mol. The Kier molecular flexibility index (Phi) is 5.96. The number of aliphatic carboxylic acids is 1. The molecule has 6 nitrogen and oxygen atoms in total. The summed E-state index contributed by atoms with van der Waals surface area (Å²) in [5.41, 5.74) is 0.313. The highest BCUT2D eigenvalue weighted by atomic mass is 16.5. The van der Waals surface area contributed by atoms with Crippen LogP contribution in [0.4, 0.5) is 5.69 Å². The van der Waals surface area contributed by atoms with Crippen molar-refractivity contribution in [2.75, 3.05) is 18.5 Å². The van der Waals surface area contributed by atoms with Gasteiger partial charge in [-0.1, -0.05) is 12.1 Å². The van der Waals surface area contributed by atoms with E-state index in [0.717, 1.165) is 19.4 Å². The maximum Gasteiger partial charge on any atom is 0.313 e. The van der Waals surface area contributed by atoms with Gasteiger partial charge in [0.2, 0.25) is 0 Å². The number of rotatable bonds is 7. The molecule has 0 radical (unpaired) electrons. The highest BCUT2D eigenvalue weighted by Gasteiger charge is 2.29. The van der Waals surface area contributed by atoms with Crippen molar-refractivity contribution in [1.82, 2.24) is 0 Å². The van der Waals surface area contributed by atoms with Crippen molar-refractivity contribution in [3.63, 3.8) is 0 Å². The Hall–Kier alpha value is -1.92. The van der Waals surface area contributed by atoms with Gasteiger partial charge in [-0.05, 0) is 51.3 Å². The number of hydrogen-bond acceptors (Lipinski definition) is 4. The molecule has 0 spiro atoms. The van der Waals surface area contributed by atoms with E-state index in [1.165, 1.54) is 0 Å². The van der Waals surface area contributed by atoms with Gasteiger partial charge in [0.05, 0.1) is 18.1 Å². The standard InChI is InChI=1S/C18H25NO5/c1-12(24-11-15-5-4-10-23-15)16(20)19-14-8-6-13(7-9-14)18(2,3)17(21)22/h6-9,12,15H,4-5,10-11H2,1-3H3,(H,19,20)(H,21,22). The predicted octanol–water partition coefficient (Wildman–Crippen LogP) is 2.57. The average Bonchev–Trinajstić information content (AvgIpc) is 3.06. The largest absolute Gasteiger partial charge is 0.481 e. The van der Waals surface area contributed by atoms with E-state index in [9.17, 15) is 14.7 Å². The number of amides is 1. The Morgan fingerprint density at radius 1 is 1.38 bits per heavy atom. The highest BCUT2D eigenvalue weighted by molar-refractivity contribution is 5.94. The molecule has 24 heavy (non-hydrogen) atoms. The fourth-order valence-electron chi connectivity index (χ4n) is 2.44. The lowest BCUT2D eigenvalue weighted by molar-refractivity contribution is -0.142. The number of carbonyl (C=O) groups is 2. The molecule has 1 aliphatic heterocycles. The molecule has 1 aromatic rings. The molecule has 1 saturated heterocycles. The highest BCUT2D eigenvalue weighted by Crippen LogP contribution is 2.25.